The second-order valence-electron chi connectivity index (χ2n) is 15.0. The molecule has 0 radical (unpaired) electrons. The number of ether oxygens (including phenoxy) is 1. The zero-order valence-electron chi connectivity index (χ0n) is 30.0. The summed E-state index contributed by atoms with van der Waals surface area (Å²) >= 11 is 0. The van der Waals surface area contributed by atoms with Crippen LogP contribution in [0.15, 0.2) is 146 Å². The number of nitrogens with zero attached hydrogens (tertiary/aromatic N) is 3. The largest absolute Gasteiger partial charge is 0.495 e. The lowest BCUT2D eigenvalue weighted by Gasteiger charge is -2.40. The van der Waals surface area contributed by atoms with Crippen molar-refractivity contribution < 1.29 is 14.0 Å². The van der Waals surface area contributed by atoms with E-state index in [9.17, 15) is 0 Å². The average molecular weight is 690 g/mol. The number of fused-ring (bicyclic) bond motifs is 9. The molecular formula is C46H36BN3O3. The highest BCUT2D eigenvalue weighted by Crippen LogP contribution is 2.63. The van der Waals surface area contributed by atoms with Crippen molar-refractivity contribution in [3.05, 3.63) is 168 Å². The van der Waals surface area contributed by atoms with E-state index in [0.717, 1.165) is 67.0 Å². The molecule has 53 heavy (non-hydrogen) atoms. The second kappa shape index (κ2) is 11.6. The van der Waals surface area contributed by atoms with E-state index in [0.29, 0.717) is 17.5 Å². The van der Waals surface area contributed by atoms with Crippen molar-refractivity contribution in [2.24, 2.45) is 0 Å². The standard InChI is InChI=1S/C46H36BN3O3/c1-44(2)45(3,4)53-47(52-44)36-26-16-21-31-39-32(43-49-41(29-17-7-5-8-18-29)48-42(50-43)30-19-9-6-10-20-30)22-15-25-35(39)46(40(31)36)33-23-11-13-27-37(33)51-38-28-14-12-24-34(38)46/h5-28H,1-4H3. The molecule has 0 saturated carbocycles. The summed E-state index contributed by atoms with van der Waals surface area (Å²) in [6.45, 7) is 8.42. The molecule has 10 rings (SSSR count). The second-order valence-corrected chi connectivity index (χ2v) is 15.0. The van der Waals surface area contributed by atoms with Gasteiger partial charge in [-0.15, -0.1) is 0 Å². The Morgan fingerprint density at radius 2 is 0.925 bits per heavy atom. The van der Waals surface area contributed by atoms with Crippen molar-refractivity contribution >= 4 is 12.6 Å². The Labute approximate surface area is 309 Å². The van der Waals surface area contributed by atoms with Crippen molar-refractivity contribution in [2.45, 2.75) is 44.3 Å². The summed E-state index contributed by atoms with van der Waals surface area (Å²) in [5, 5.41) is 0. The molecule has 7 aromatic rings. The van der Waals surface area contributed by atoms with Crippen LogP contribution < -0.4 is 10.2 Å². The van der Waals surface area contributed by atoms with Crippen molar-refractivity contribution in [1.82, 2.24) is 15.0 Å². The maximum atomic E-state index is 6.84. The van der Waals surface area contributed by atoms with E-state index in [1.807, 2.05) is 72.8 Å². The summed E-state index contributed by atoms with van der Waals surface area (Å²) in [6.07, 6.45) is 0. The molecule has 0 atom stereocenters. The summed E-state index contributed by atoms with van der Waals surface area (Å²) in [5.74, 6) is 3.47. The Morgan fingerprint density at radius 1 is 0.453 bits per heavy atom. The lowest BCUT2D eigenvalue weighted by Crippen LogP contribution is -2.43. The topological polar surface area (TPSA) is 66.4 Å². The molecule has 6 nitrogen and oxygen atoms in total. The van der Waals surface area contributed by atoms with Gasteiger partial charge in [0.05, 0.1) is 16.6 Å². The lowest BCUT2D eigenvalue weighted by molar-refractivity contribution is 0.00578. The molecule has 0 bridgehead atoms. The van der Waals surface area contributed by atoms with Crippen LogP contribution in [-0.4, -0.2) is 33.3 Å². The maximum Gasteiger partial charge on any atom is 0.495 e. The monoisotopic (exact) mass is 689 g/mol. The van der Waals surface area contributed by atoms with Crippen LogP contribution in [0.3, 0.4) is 0 Å². The number of benzene rings is 6. The van der Waals surface area contributed by atoms with Gasteiger partial charge in [0.15, 0.2) is 17.5 Å². The first-order valence-corrected chi connectivity index (χ1v) is 18.1. The van der Waals surface area contributed by atoms with Crippen LogP contribution in [0.1, 0.15) is 49.9 Å². The molecule has 0 amide bonds. The van der Waals surface area contributed by atoms with Gasteiger partial charge in [0.2, 0.25) is 0 Å². The summed E-state index contributed by atoms with van der Waals surface area (Å²) in [6, 6.07) is 50.0. The average Bonchev–Trinajstić information content (AvgIpc) is 3.61. The van der Waals surface area contributed by atoms with Crippen LogP contribution in [0, 0.1) is 0 Å². The van der Waals surface area contributed by atoms with Gasteiger partial charge in [0, 0.05) is 27.8 Å². The molecule has 1 saturated heterocycles. The number of para-hydroxylation sites is 2. The highest BCUT2D eigenvalue weighted by atomic mass is 16.7. The lowest BCUT2D eigenvalue weighted by atomic mass is 9.61. The van der Waals surface area contributed by atoms with Gasteiger partial charge in [0.1, 0.15) is 11.5 Å². The Kier molecular flexibility index (Phi) is 6.94. The molecule has 3 aliphatic rings. The third-order valence-electron chi connectivity index (χ3n) is 11.5. The Hall–Kier alpha value is -5.89. The SMILES string of the molecule is CC1(C)OB(c2cccc3c2C2(c4ccccc4Oc4ccccc42)c2cccc(-c4nc(-c5ccccc5)nc(-c5ccccc5)n4)c2-3)OC1(C)C. The van der Waals surface area contributed by atoms with Gasteiger partial charge in [-0.25, -0.2) is 15.0 Å². The normalized spacial score (nSPS) is 16.7. The first kappa shape index (κ1) is 31.8. The Balaban J connectivity index is 1.31. The first-order valence-electron chi connectivity index (χ1n) is 18.1. The molecule has 0 unspecified atom stereocenters. The molecule has 256 valence electrons. The van der Waals surface area contributed by atoms with E-state index >= 15 is 0 Å². The minimum absolute atomic E-state index is 0.526. The van der Waals surface area contributed by atoms with Gasteiger partial charge in [-0.3, -0.25) is 0 Å². The minimum Gasteiger partial charge on any atom is -0.457 e. The molecule has 3 heterocycles. The smallest absolute Gasteiger partial charge is 0.457 e. The van der Waals surface area contributed by atoms with Gasteiger partial charge in [-0.2, -0.15) is 0 Å². The molecule has 0 N–H and O–H groups in total. The van der Waals surface area contributed by atoms with E-state index in [-0.39, 0.29) is 0 Å². The maximum absolute atomic E-state index is 6.84. The van der Waals surface area contributed by atoms with Crippen LogP contribution >= 0.6 is 0 Å². The van der Waals surface area contributed by atoms with E-state index in [1.54, 1.807) is 0 Å². The quantitative estimate of drug-likeness (QED) is 0.172. The number of aromatic nitrogens is 3. The fraction of sp³-hybridized carbons (Fsp3) is 0.152. The molecule has 2 aliphatic heterocycles. The molecule has 1 fully saturated rings. The Morgan fingerprint density at radius 3 is 1.51 bits per heavy atom. The summed E-state index contributed by atoms with van der Waals surface area (Å²) in [4.78, 5) is 15.4. The molecular weight excluding hydrogens is 653 g/mol. The molecule has 1 aromatic heterocycles. The zero-order valence-corrected chi connectivity index (χ0v) is 30.0. The van der Waals surface area contributed by atoms with Gasteiger partial charge in [-0.05, 0) is 67.5 Å². The van der Waals surface area contributed by atoms with Crippen molar-refractivity contribution in [3.8, 4) is 56.8 Å². The van der Waals surface area contributed by atoms with Crippen LogP contribution in [0.4, 0.5) is 0 Å². The van der Waals surface area contributed by atoms with E-state index in [1.165, 1.54) is 0 Å². The van der Waals surface area contributed by atoms with Crippen molar-refractivity contribution in [1.29, 1.82) is 0 Å². The highest BCUT2D eigenvalue weighted by molar-refractivity contribution is 6.63. The Bertz CT molecular complexity index is 2450. The number of rotatable bonds is 4. The summed E-state index contributed by atoms with van der Waals surface area (Å²) in [7, 11) is -0.599. The summed E-state index contributed by atoms with van der Waals surface area (Å²) in [5.41, 5.74) is 8.45. The van der Waals surface area contributed by atoms with Crippen LogP contribution in [-0.2, 0) is 14.7 Å². The summed E-state index contributed by atoms with van der Waals surface area (Å²) < 4.78 is 20.4. The van der Waals surface area contributed by atoms with E-state index in [2.05, 4.69) is 100 Å². The van der Waals surface area contributed by atoms with Crippen molar-refractivity contribution in [3.63, 3.8) is 0 Å². The third kappa shape index (κ3) is 4.64. The minimum atomic E-state index is -0.760. The van der Waals surface area contributed by atoms with Crippen LogP contribution in [0.25, 0.3) is 45.3 Å². The molecule has 1 spiro atoms. The zero-order chi connectivity index (χ0) is 36.0. The highest BCUT2D eigenvalue weighted by Gasteiger charge is 2.57. The number of hydrogen-bond donors (Lipinski definition) is 0. The van der Waals surface area contributed by atoms with E-state index < -0.39 is 23.7 Å². The van der Waals surface area contributed by atoms with Gasteiger partial charge >= 0.3 is 7.12 Å². The van der Waals surface area contributed by atoms with Gasteiger partial charge in [-0.1, -0.05) is 133 Å². The fourth-order valence-electron chi connectivity index (χ4n) is 8.32. The van der Waals surface area contributed by atoms with Crippen molar-refractivity contribution in [2.75, 3.05) is 0 Å². The van der Waals surface area contributed by atoms with Gasteiger partial charge in [0.25, 0.3) is 0 Å². The predicted octanol–water partition coefficient (Wildman–Crippen LogP) is 9.64. The van der Waals surface area contributed by atoms with Gasteiger partial charge < -0.3 is 14.0 Å². The molecule has 7 heteroatoms. The predicted molar refractivity (Wildman–Crippen MR) is 209 cm³/mol. The van der Waals surface area contributed by atoms with Crippen LogP contribution in [0.2, 0.25) is 0 Å². The fourth-order valence-corrected chi connectivity index (χ4v) is 8.32. The molecule has 1 aliphatic carbocycles. The van der Waals surface area contributed by atoms with E-state index in [4.69, 9.17) is 29.0 Å². The van der Waals surface area contributed by atoms with Crippen LogP contribution in [0.5, 0.6) is 11.5 Å². The molecule has 6 aromatic carbocycles. The third-order valence-corrected chi connectivity index (χ3v) is 11.5. The number of hydrogen-bond acceptors (Lipinski definition) is 6. The first-order chi connectivity index (χ1) is 25.8.